The minimum Gasteiger partial charge on any atom is -0.346 e. The van der Waals surface area contributed by atoms with Crippen LogP contribution in [0.15, 0.2) is 0 Å². The smallest absolute Gasteiger partial charge is 0.346 e. The van der Waals surface area contributed by atoms with Gasteiger partial charge in [-0.2, -0.15) is 0 Å². The van der Waals surface area contributed by atoms with Crippen LogP contribution < -0.4 is 18.9 Å². The molecule has 0 N–H and O–H groups in total. The molecule has 0 spiro atoms. The molecule has 0 amide bonds. The average molecular weight is 257 g/mol. The van der Waals surface area contributed by atoms with E-state index < -0.39 is 8.13 Å². The van der Waals surface area contributed by atoms with Crippen LogP contribution in [0.4, 0.5) is 0 Å². The van der Waals surface area contributed by atoms with Crippen molar-refractivity contribution < 1.29 is 18.9 Å². The van der Waals surface area contributed by atoms with Crippen molar-refractivity contribution in [3.05, 3.63) is 5.88 Å². The molecule has 7 heteroatoms. The fraction of sp³-hybridized carbons (Fsp3) is 0.667. The van der Waals surface area contributed by atoms with Gasteiger partial charge in [-0.1, -0.05) is 34.8 Å². The third-order valence-electron chi connectivity index (χ3n) is 0.515. The van der Waals surface area contributed by atoms with E-state index in [1.54, 1.807) is 0 Å². The zero-order valence-electron chi connectivity index (χ0n) is 4.85. The van der Waals surface area contributed by atoms with E-state index >= 15 is 0 Å². The Kier molecular flexibility index (Phi) is 7.64. The first-order valence-electron chi connectivity index (χ1n) is 1.70. The number of hydrogen-bond donors (Lipinski definition) is 0. The number of rotatable bonds is 1. The van der Waals surface area contributed by atoms with Gasteiger partial charge in [0.15, 0.2) is 3.79 Å². The first kappa shape index (κ1) is 14.8. The first-order valence-corrected chi connectivity index (χ1v) is 4.03. The van der Waals surface area contributed by atoms with Gasteiger partial charge in [0.25, 0.3) is 0 Å². The molecule has 0 rings (SSSR count). The Morgan fingerprint density at radius 2 is 1.20 bits per heavy atom. The van der Waals surface area contributed by atoms with Crippen LogP contribution in [0, 0.1) is 5.88 Å². The van der Waals surface area contributed by atoms with Crippen LogP contribution in [0.3, 0.4) is 0 Å². The summed E-state index contributed by atoms with van der Waals surface area (Å²) >= 11 is 31.7. The molecule has 0 saturated carbocycles. The van der Waals surface area contributed by atoms with E-state index in [0.717, 1.165) is 5.88 Å². The zero-order chi connectivity index (χ0) is 7.71. The number of alkyl halides is 5. The van der Waals surface area contributed by atoms with E-state index in [1.165, 1.54) is 0 Å². The molecule has 0 fully saturated rings. The van der Waals surface area contributed by atoms with Crippen molar-refractivity contribution in [2.75, 3.05) is 0 Å². The summed E-state index contributed by atoms with van der Waals surface area (Å²) in [5.41, 5.74) is 0. The van der Waals surface area contributed by atoms with Crippen molar-refractivity contribution >= 4 is 69.6 Å². The van der Waals surface area contributed by atoms with Gasteiger partial charge in [0.1, 0.15) is 0 Å². The Hall–Kier alpha value is 2.34. The monoisotopic (exact) mass is 254 g/mol. The molecule has 0 radical (unpaired) electrons. The molecule has 0 aromatic carbocycles. The summed E-state index contributed by atoms with van der Waals surface area (Å²) in [7, 11) is 0. The molecule has 0 aromatic heterocycles. The van der Waals surface area contributed by atoms with Gasteiger partial charge in [0, 0.05) is 0 Å². The maximum absolute atomic E-state index is 5.38. The Bertz CT molecular complexity index is 95.7. The minimum absolute atomic E-state index is 0. The molecule has 0 aliphatic rings. The molecule has 0 heterocycles. The number of hydrogen-bond acceptors (Lipinski definition) is 0. The van der Waals surface area contributed by atoms with E-state index in [4.69, 9.17) is 69.6 Å². The van der Waals surface area contributed by atoms with Crippen molar-refractivity contribution in [2.24, 2.45) is 0 Å². The second-order valence-electron chi connectivity index (χ2n) is 1.23. The van der Waals surface area contributed by atoms with E-state index in [2.05, 4.69) is 0 Å². The van der Waals surface area contributed by atoms with Crippen LogP contribution >= 0.6 is 69.6 Å². The van der Waals surface area contributed by atoms with E-state index in [1.807, 2.05) is 0 Å². The predicted octanol–water partition coefficient (Wildman–Crippen LogP) is 0.935. The van der Waals surface area contributed by atoms with Gasteiger partial charge in [0.2, 0.25) is 0 Å². The Morgan fingerprint density at radius 1 is 0.900 bits per heavy atom. The van der Waals surface area contributed by atoms with E-state index in [9.17, 15) is 0 Å². The molecule has 10 heavy (non-hydrogen) atoms. The standard InChI is InChI=1S/C3HCl6.Li/c4-1-2(5,6)3(7,8)9;/h1H;/q-1;+1. The quantitative estimate of drug-likeness (QED) is 0.372. The van der Waals surface area contributed by atoms with Crippen molar-refractivity contribution in [1.82, 2.24) is 0 Å². The van der Waals surface area contributed by atoms with Crippen LogP contribution in [-0.4, -0.2) is 8.13 Å². The van der Waals surface area contributed by atoms with Crippen LogP contribution in [0.1, 0.15) is 0 Å². The van der Waals surface area contributed by atoms with E-state index in [-0.39, 0.29) is 18.9 Å². The molecule has 0 atom stereocenters. The van der Waals surface area contributed by atoms with Crippen LogP contribution in [0.2, 0.25) is 0 Å². The first-order chi connectivity index (χ1) is 3.81. The third-order valence-corrected chi connectivity index (χ3v) is 3.33. The second kappa shape index (κ2) is 5.15. The maximum Gasteiger partial charge on any atom is 1.00 e. The summed E-state index contributed by atoms with van der Waals surface area (Å²) in [5.74, 6) is 0.878. The molecule has 0 aliphatic heterocycles. The molecule has 0 nitrogen and oxygen atoms in total. The largest absolute Gasteiger partial charge is 1.00 e. The molecular weight excluding hydrogens is 256 g/mol. The van der Waals surface area contributed by atoms with Gasteiger partial charge < -0.3 is 11.6 Å². The van der Waals surface area contributed by atoms with Crippen LogP contribution in [0.25, 0.3) is 0 Å². The topological polar surface area (TPSA) is 0 Å². The van der Waals surface area contributed by atoms with Crippen LogP contribution in [-0.2, 0) is 0 Å². The molecule has 0 bridgehead atoms. The van der Waals surface area contributed by atoms with Gasteiger partial charge in [-0.3, -0.25) is 0 Å². The van der Waals surface area contributed by atoms with Crippen molar-refractivity contribution in [3.63, 3.8) is 0 Å². The summed E-state index contributed by atoms with van der Waals surface area (Å²) in [6, 6.07) is 0. The van der Waals surface area contributed by atoms with Gasteiger partial charge in [-0.25, -0.2) is 5.88 Å². The van der Waals surface area contributed by atoms with Crippen molar-refractivity contribution in [3.8, 4) is 0 Å². The molecular formula is C3HCl6Li. The van der Waals surface area contributed by atoms with Crippen LogP contribution in [0.5, 0.6) is 0 Å². The predicted molar refractivity (Wildman–Crippen MR) is 44.9 cm³/mol. The van der Waals surface area contributed by atoms with Gasteiger partial charge in [-0.15, -0.1) is 23.2 Å². The Morgan fingerprint density at radius 3 is 1.20 bits per heavy atom. The van der Waals surface area contributed by atoms with Gasteiger partial charge in [-0.05, 0) is 0 Å². The minimum atomic E-state index is -1.79. The summed E-state index contributed by atoms with van der Waals surface area (Å²) in [6.45, 7) is 0. The average Bonchev–Trinajstić information content (AvgIpc) is 1.64. The summed E-state index contributed by atoms with van der Waals surface area (Å²) in [4.78, 5) is 0. The van der Waals surface area contributed by atoms with Crippen molar-refractivity contribution in [1.29, 1.82) is 0 Å². The van der Waals surface area contributed by atoms with Gasteiger partial charge >= 0.3 is 18.9 Å². The van der Waals surface area contributed by atoms with Crippen molar-refractivity contribution in [2.45, 2.75) is 8.13 Å². The third kappa shape index (κ3) is 4.38. The summed E-state index contributed by atoms with van der Waals surface area (Å²) in [5, 5.41) is 0. The number of halogens is 6. The van der Waals surface area contributed by atoms with Gasteiger partial charge in [0.05, 0.1) is 4.33 Å². The fourth-order valence-corrected chi connectivity index (χ4v) is 0.557. The molecule has 56 valence electrons. The van der Waals surface area contributed by atoms with E-state index in [0.29, 0.717) is 0 Å². The second-order valence-corrected chi connectivity index (χ2v) is 5.12. The summed E-state index contributed by atoms with van der Waals surface area (Å²) < 4.78 is -3.43. The normalized spacial score (nSPS) is 12.6. The fourth-order valence-electron chi connectivity index (χ4n) is 0.0619. The Labute approximate surface area is 102 Å². The zero-order valence-corrected chi connectivity index (χ0v) is 9.38. The Balaban J connectivity index is 0. The molecule has 0 unspecified atom stereocenters. The molecule has 0 saturated heterocycles. The SMILES string of the molecule is Cl[CH-]C(Cl)(Cl)C(Cl)(Cl)Cl.[Li+]. The summed E-state index contributed by atoms with van der Waals surface area (Å²) in [6.07, 6.45) is 0. The molecule has 0 aromatic rings. The molecule has 0 aliphatic carbocycles. The maximum atomic E-state index is 5.38.